The van der Waals surface area contributed by atoms with Crippen LogP contribution >= 0.6 is 0 Å². The molecule has 0 unspecified atom stereocenters. The van der Waals surface area contributed by atoms with E-state index < -0.39 is 17.3 Å². The Balaban J connectivity index is 2.05. The normalized spacial score (nSPS) is 31.9. The molecule has 1 heterocycles. The molecule has 1 aliphatic heterocycles. The van der Waals surface area contributed by atoms with Gasteiger partial charge in [-0.1, -0.05) is 33.8 Å². The minimum absolute atomic E-state index is 0.134. The van der Waals surface area contributed by atoms with Crippen LogP contribution in [0.4, 0.5) is 0 Å². The van der Waals surface area contributed by atoms with Crippen LogP contribution in [0.1, 0.15) is 73.1 Å². The highest BCUT2D eigenvalue weighted by atomic mass is 16.7. The van der Waals surface area contributed by atoms with Gasteiger partial charge in [-0.3, -0.25) is 4.79 Å². The van der Waals surface area contributed by atoms with Crippen molar-refractivity contribution in [2.45, 2.75) is 85.0 Å². The Labute approximate surface area is 188 Å². The van der Waals surface area contributed by atoms with E-state index >= 15 is 0 Å². The quantitative estimate of drug-likeness (QED) is 0.291. The molecule has 0 bridgehead atoms. The van der Waals surface area contributed by atoms with Crippen LogP contribution in [-0.4, -0.2) is 51.6 Å². The van der Waals surface area contributed by atoms with Crippen molar-refractivity contribution in [3.63, 3.8) is 0 Å². The summed E-state index contributed by atoms with van der Waals surface area (Å²) in [5.74, 6) is -0.231. The van der Waals surface area contributed by atoms with Crippen molar-refractivity contribution in [2.75, 3.05) is 33.7 Å². The molecule has 2 fully saturated rings. The van der Waals surface area contributed by atoms with E-state index in [1.165, 1.54) is 5.57 Å². The third kappa shape index (κ3) is 5.02. The Bertz CT molecular complexity index is 648. The Morgan fingerprint density at radius 3 is 2.55 bits per heavy atom. The topological polar surface area (TPSA) is 63.2 Å². The zero-order valence-electron chi connectivity index (χ0n) is 20.3. The number of rotatable bonds is 9. The van der Waals surface area contributed by atoms with E-state index in [2.05, 4.69) is 33.8 Å². The van der Waals surface area contributed by atoms with Gasteiger partial charge in [0.05, 0.1) is 25.9 Å². The van der Waals surface area contributed by atoms with Gasteiger partial charge in [0.1, 0.15) is 12.2 Å². The Hall–Kier alpha value is -0.950. The van der Waals surface area contributed by atoms with Gasteiger partial charge >= 0.3 is 5.97 Å². The first-order valence-corrected chi connectivity index (χ1v) is 12.0. The number of esters is 1. The van der Waals surface area contributed by atoms with Gasteiger partial charge in [-0.25, -0.2) is 0 Å². The van der Waals surface area contributed by atoms with E-state index in [9.17, 15) is 4.79 Å². The summed E-state index contributed by atoms with van der Waals surface area (Å²) < 4.78 is 29.7. The Kier molecular flexibility index (Phi) is 7.88. The van der Waals surface area contributed by atoms with Crippen LogP contribution in [0.3, 0.4) is 0 Å². The van der Waals surface area contributed by atoms with Crippen molar-refractivity contribution in [2.24, 2.45) is 22.7 Å². The highest BCUT2D eigenvalue weighted by Gasteiger charge is 2.60. The number of carbonyl (C=O) groups excluding carboxylic acids is 1. The monoisotopic (exact) mass is 438 g/mol. The van der Waals surface area contributed by atoms with Gasteiger partial charge < -0.3 is 23.7 Å². The molecule has 0 aromatic heterocycles. The minimum Gasteiger partial charge on any atom is -0.465 e. The van der Waals surface area contributed by atoms with Gasteiger partial charge in [0.2, 0.25) is 0 Å². The van der Waals surface area contributed by atoms with Crippen molar-refractivity contribution < 1.29 is 28.5 Å². The second-order valence-electron chi connectivity index (χ2n) is 10.5. The van der Waals surface area contributed by atoms with Gasteiger partial charge in [-0.15, -0.1) is 0 Å². The number of methoxy groups -OCH3 is 1. The second kappa shape index (κ2) is 9.90. The molecule has 1 saturated carbocycles. The second-order valence-corrected chi connectivity index (χ2v) is 10.5. The highest BCUT2D eigenvalue weighted by Crippen LogP contribution is 2.57. The molecule has 0 spiro atoms. The lowest BCUT2D eigenvalue weighted by Crippen LogP contribution is -2.56. The lowest BCUT2D eigenvalue weighted by molar-refractivity contribution is -0.224. The molecule has 178 valence electrons. The van der Waals surface area contributed by atoms with Crippen LogP contribution in [0.2, 0.25) is 0 Å². The molecule has 0 aromatic carbocycles. The molecule has 3 rings (SSSR count). The maximum atomic E-state index is 13.7. The number of carbonyl (C=O) groups is 1. The number of fused-ring (bicyclic) bond motifs is 1. The predicted octanol–water partition coefficient (Wildman–Crippen LogP) is 4.86. The molecule has 0 N–H and O–H groups in total. The summed E-state index contributed by atoms with van der Waals surface area (Å²) in [7, 11) is 1.62. The standard InChI is InChI=1S/C25H42O6/c1-7-28-22(26)24(16-25(15-18(2)3)30-13-14-31-25)12-10-20-19(21(24)29-17-27-6)9-8-11-23(20,4)5/h9,18,20-21H,7-8,10-17H2,1-6H3/t20-,21-,24-/m1/s1. The van der Waals surface area contributed by atoms with Crippen molar-refractivity contribution >= 4 is 5.97 Å². The number of allylic oxidation sites excluding steroid dienone is 1. The molecule has 0 aromatic rings. The first-order valence-electron chi connectivity index (χ1n) is 12.0. The van der Waals surface area contributed by atoms with Gasteiger partial charge in [0.25, 0.3) is 0 Å². The first-order chi connectivity index (χ1) is 14.7. The maximum absolute atomic E-state index is 13.7. The predicted molar refractivity (Wildman–Crippen MR) is 118 cm³/mol. The molecule has 0 radical (unpaired) electrons. The van der Waals surface area contributed by atoms with Gasteiger partial charge in [-0.05, 0) is 55.4 Å². The average Bonchev–Trinajstić information content (AvgIpc) is 3.13. The van der Waals surface area contributed by atoms with Crippen LogP contribution in [-0.2, 0) is 28.5 Å². The minimum atomic E-state index is -0.858. The van der Waals surface area contributed by atoms with Gasteiger partial charge in [-0.2, -0.15) is 0 Å². The SMILES string of the molecule is CCOC(=O)[C@@]1(CC2(CC(C)C)OCCO2)CC[C@@H]2C(=CCCC2(C)C)[C@H]1OCOC. The summed E-state index contributed by atoms with van der Waals surface area (Å²) >= 11 is 0. The van der Waals surface area contributed by atoms with Gasteiger partial charge in [0, 0.05) is 20.0 Å². The Morgan fingerprint density at radius 1 is 1.23 bits per heavy atom. The van der Waals surface area contributed by atoms with Crippen molar-refractivity contribution in [3.8, 4) is 0 Å². The molecule has 6 heteroatoms. The van der Waals surface area contributed by atoms with E-state index in [0.29, 0.717) is 44.5 Å². The third-order valence-corrected chi connectivity index (χ3v) is 7.35. The van der Waals surface area contributed by atoms with Crippen LogP contribution in [0, 0.1) is 22.7 Å². The fourth-order valence-corrected chi connectivity index (χ4v) is 6.10. The summed E-state index contributed by atoms with van der Waals surface area (Å²) in [6.07, 6.45) is 6.84. The number of hydrogen-bond acceptors (Lipinski definition) is 6. The van der Waals surface area contributed by atoms with E-state index in [1.807, 2.05) is 6.92 Å². The van der Waals surface area contributed by atoms with E-state index in [-0.39, 0.29) is 18.2 Å². The number of ether oxygens (including phenoxy) is 5. The molecule has 31 heavy (non-hydrogen) atoms. The average molecular weight is 439 g/mol. The van der Waals surface area contributed by atoms with Crippen molar-refractivity contribution in [1.82, 2.24) is 0 Å². The Morgan fingerprint density at radius 2 is 1.94 bits per heavy atom. The first kappa shape index (κ1) is 24.7. The summed E-state index contributed by atoms with van der Waals surface area (Å²) in [4.78, 5) is 13.7. The van der Waals surface area contributed by atoms with Crippen molar-refractivity contribution in [1.29, 1.82) is 0 Å². The zero-order chi connectivity index (χ0) is 22.7. The lowest BCUT2D eigenvalue weighted by atomic mass is 9.55. The molecular weight excluding hydrogens is 396 g/mol. The van der Waals surface area contributed by atoms with E-state index in [4.69, 9.17) is 23.7 Å². The molecule has 1 saturated heterocycles. The fourth-order valence-electron chi connectivity index (χ4n) is 6.10. The zero-order valence-corrected chi connectivity index (χ0v) is 20.3. The van der Waals surface area contributed by atoms with Crippen LogP contribution in [0.15, 0.2) is 11.6 Å². The largest absolute Gasteiger partial charge is 0.465 e. The summed E-state index contributed by atoms with van der Waals surface area (Å²) in [6.45, 7) is 12.4. The fraction of sp³-hybridized carbons (Fsp3) is 0.880. The molecular formula is C25H42O6. The molecule has 3 aliphatic rings. The molecule has 2 aliphatic carbocycles. The third-order valence-electron chi connectivity index (χ3n) is 7.35. The van der Waals surface area contributed by atoms with E-state index in [0.717, 1.165) is 25.7 Å². The van der Waals surface area contributed by atoms with Crippen LogP contribution < -0.4 is 0 Å². The molecule has 3 atom stereocenters. The summed E-state index contributed by atoms with van der Waals surface area (Å²) in [5, 5.41) is 0. The summed E-state index contributed by atoms with van der Waals surface area (Å²) in [6, 6.07) is 0. The van der Waals surface area contributed by atoms with E-state index in [1.54, 1.807) is 7.11 Å². The molecule has 0 amide bonds. The lowest BCUT2D eigenvalue weighted by Gasteiger charge is -2.53. The maximum Gasteiger partial charge on any atom is 0.315 e. The van der Waals surface area contributed by atoms with Crippen LogP contribution in [0.5, 0.6) is 0 Å². The summed E-state index contributed by atoms with van der Waals surface area (Å²) in [5.41, 5.74) is 0.546. The van der Waals surface area contributed by atoms with Crippen LogP contribution in [0.25, 0.3) is 0 Å². The number of hydrogen-bond donors (Lipinski definition) is 0. The van der Waals surface area contributed by atoms with Crippen molar-refractivity contribution in [3.05, 3.63) is 11.6 Å². The van der Waals surface area contributed by atoms with Gasteiger partial charge in [0.15, 0.2) is 5.79 Å². The smallest absolute Gasteiger partial charge is 0.315 e. The highest BCUT2D eigenvalue weighted by molar-refractivity contribution is 5.79. The molecule has 6 nitrogen and oxygen atoms in total.